The normalized spacial score (nSPS) is 22.1. The van der Waals surface area contributed by atoms with Crippen molar-refractivity contribution in [1.82, 2.24) is 0 Å². The molecule has 12 heavy (non-hydrogen) atoms. The first-order valence-corrected chi connectivity index (χ1v) is 4.60. The topological polar surface area (TPSA) is 26.0 Å². The molecule has 2 N–H and O–H groups in total. The van der Waals surface area contributed by atoms with Crippen LogP contribution in [0.3, 0.4) is 0 Å². The number of fused-ring (bicyclic) bond motifs is 1. The second kappa shape index (κ2) is 3.26. The Bertz CT molecular complexity index is 296. The third-order valence-corrected chi connectivity index (χ3v) is 2.76. The van der Waals surface area contributed by atoms with Gasteiger partial charge in [0.05, 0.1) is 0 Å². The van der Waals surface area contributed by atoms with Gasteiger partial charge < -0.3 is 0 Å². The molecule has 2 rings (SSSR count). The van der Waals surface area contributed by atoms with E-state index < -0.39 is 0 Å². The molecule has 0 bridgehead atoms. The van der Waals surface area contributed by atoms with Gasteiger partial charge in [-0.3, -0.25) is 0 Å². The Hall–Kier alpha value is -0.223. The van der Waals surface area contributed by atoms with Gasteiger partial charge in [-0.2, -0.15) is 0 Å². The van der Waals surface area contributed by atoms with Crippen molar-refractivity contribution in [3.8, 4) is 0 Å². The van der Waals surface area contributed by atoms with Gasteiger partial charge in [0.15, 0.2) is 0 Å². The SMILES string of the molecule is [Li][c]1cccc2c1CC(N)CC2. The quantitative estimate of drug-likeness (QED) is 0.533. The summed E-state index contributed by atoms with van der Waals surface area (Å²) in [7, 11) is 0. The molecule has 1 unspecified atom stereocenters. The molecule has 0 aromatic heterocycles. The first-order valence-electron chi connectivity index (χ1n) is 4.60. The van der Waals surface area contributed by atoms with E-state index in [2.05, 4.69) is 35.9 Å². The van der Waals surface area contributed by atoms with E-state index in [1.807, 2.05) is 0 Å². The number of nitrogens with two attached hydrogens (primary N) is 1. The van der Waals surface area contributed by atoms with Gasteiger partial charge in [0.25, 0.3) is 0 Å². The van der Waals surface area contributed by atoms with Crippen molar-refractivity contribution in [2.45, 2.75) is 25.3 Å². The molecule has 1 aliphatic rings. The van der Waals surface area contributed by atoms with Crippen LogP contribution in [0.4, 0.5) is 0 Å². The summed E-state index contributed by atoms with van der Waals surface area (Å²) in [5.41, 5.74) is 8.93. The predicted octanol–water partition coefficient (Wildman–Crippen LogP) is 0.296. The van der Waals surface area contributed by atoms with Crippen LogP contribution in [0.2, 0.25) is 0 Å². The molecule has 2 heteroatoms. The Balaban J connectivity index is 2.43. The van der Waals surface area contributed by atoms with Gasteiger partial charge in [0, 0.05) is 0 Å². The van der Waals surface area contributed by atoms with Gasteiger partial charge in [-0.15, -0.1) is 0 Å². The maximum atomic E-state index is 5.92. The van der Waals surface area contributed by atoms with Crippen molar-refractivity contribution in [1.29, 1.82) is 0 Å². The van der Waals surface area contributed by atoms with Crippen LogP contribution in [-0.4, -0.2) is 23.8 Å². The summed E-state index contributed by atoms with van der Waals surface area (Å²) in [6.07, 6.45) is 3.39. The molecule has 0 saturated heterocycles. The van der Waals surface area contributed by atoms with Crippen LogP contribution in [0.15, 0.2) is 18.2 Å². The van der Waals surface area contributed by atoms with Crippen molar-refractivity contribution in [3.63, 3.8) is 0 Å². The van der Waals surface area contributed by atoms with E-state index in [4.69, 9.17) is 5.73 Å². The van der Waals surface area contributed by atoms with Gasteiger partial charge in [-0.1, -0.05) is 0 Å². The Morgan fingerprint density at radius 1 is 1.42 bits per heavy atom. The molecule has 0 radical (unpaired) electrons. The van der Waals surface area contributed by atoms with Crippen LogP contribution in [0.1, 0.15) is 17.5 Å². The van der Waals surface area contributed by atoms with Crippen molar-refractivity contribution < 1.29 is 0 Å². The summed E-state index contributed by atoms with van der Waals surface area (Å²) in [6.45, 7) is 0. The summed E-state index contributed by atoms with van der Waals surface area (Å²) in [4.78, 5) is 0. The molecule has 1 atom stereocenters. The molecule has 0 heterocycles. The van der Waals surface area contributed by atoms with Crippen LogP contribution in [0.5, 0.6) is 0 Å². The molecule has 0 amide bonds. The fourth-order valence-electron chi connectivity index (χ4n) is 1.99. The zero-order valence-electron chi connectivity index (χ0n) is 7.51. The van der Waals surface area contributed by atoms with Crippen LogP contribution < -0.4 is 9.97 Å². The van der Waals surface area contributed by atoms with Gasteiger partial charge in [0.2, 0.25) is 0 Å². The summed E-state index contributed by atoms with van der Waals surface area (Å²) >= 11 is 2.18. The van der Waals surface area contributed by atoms with Gasteiger partial charge in [0.1, 0.15) is 0 Å². The van der Waals surface area contributed by atoms with Crippen LogP contribution >= 0.6 is 0 Å². The van der Waals surface area contributed by atoms with Crippen LogP contribution in [0, 0.1) is 0 Å². The predicted molar refractivity (Wildman–Crippen MR) is 51.8 cm³/mol. The van der Waals surface area contributed by atoms with E-state index in [1.54, 1.807) is 0 Å². The number of rotatable bonds is 0. The molecule has 58 valence electrons. The summed E-state index contributed by atoms with van der Waals surface area (Å²) in [6, 6.07) is 6.94. The van der Waals surface area contributed by atoms with Gasteiger partial charge in [-0.25, -0.2) is 0 Å². The summed E-state index contributed by atoms with van der Waals surface area (Å²) in [5.74, 6) is 0. The second-order valence-corrected chi connectivity index (χ2v) is 3.72. The third kappa shape index (κ3) is 1.45. The van der Waals surface area contributed by atoms with Crippen molar-refractivity contribution in [3.05, 3.63) is 29.3 Å². The first kappa shape index (κ1) is 8.38. The molecule has 1 nitrogen and oxygen atoms in total. The first-order chi connectivity index (χ1) is 5.77. The molecular weight excluding hydrogens is 141 g/mol. The number of benzene rings is 1. The third-order valence-electron chi connectivity index (χ3n) is 2.76. The Morgan fingerprint density at radius 2 is 2.25 bits per heavy atom. The van der Waals surface area contributed by atoms with Crippen molar-refractivity contribution in [2.75, 3.05) is 0 Å². The Labute approximate surface area is 82.5 Å². The minimum atomic E-state index is 0.388. The molecule has 1 aromatic rings. The monoisotopic (exact) mass is 153 g/mol. The van der Waals surface area contributed by atoms with Crippen LogP contribution in [-0.2, 0) is 12.8 Å². The van der Waals surface area contributed by atoms with Crippen LogP contribution in [0.25, 0.3) is 0 Å². The molecular formula is C10H12LiN. The maximum absolute atomic E-state index is 5.92. The van der Waals surface area contributed by atoms with Gasteiger partial charge >= 0.3 is 82.3 Å². The number of hydrogen-bond donors (Lipinski definition) is 1. The standard InChI is InChI=1S/C10H12N.Li/c11-10-6-5-8-3-1-2-4-9(8)7-10;/h1-3,10H,5-7,11H2;. The Kier molecular flexibility index (Phi) is 2.28. The number of aryl methyl sites for hydroxylation is 1. The molecule has 0 aliphatic heterocycles. The Morgan fingerprint density at radius 3 is 3.08 bits per heavy atom. The minimum absolute atomic E-state index is 0.388. The van der Waals surface area contributed by atoms with Crippen molar-refractivity contribution in [2.24, 2.45) is 5.73 Å². The van der Waals surface area contributed by atoms with E-state index in [1.165, 1.54) is 15.4 Å². The second-order valence-electron chi connectivity index (χ2n) is 3.72. The fraction of sp³-hybridized carbons (Fsp3) is 0.400. The zero-order valence-corrected chi connectivity index (χ0v) is 7.51. The average molecular weight is 153 g/mol. The average Bonchev–Trinajstić information content (AvgIpc) is 2.07. The fourth-order valence-corrected chi connectivity index (χ4v) is 1.99. The van der Waals surface area contributed by atoms with E-state index in [0.29, 0.717) is 6.04 Å². The molecule has 0 spiro atoms. The summed E-state index contributed by atoms with van der Waals surface area (Å²) < 4.78 is 1.41. The molecule has 1 aliphatic carbocycles. The van der Waals surface area contributed by atoms with E-state index >= 15 is 0 Å². The molecule has 0 fully saturated rings. The van der Waals surface area contributed by atoms with E-state index in [9.17, 15) is 0 Å². The molecule has 0 saturated carbocycles. The molecule has 1 aromatic carbocycles. The van der Waals surface area contributed by atoms with E-state index in [-0.39, 0.29) is 0 Å². The summed E-state index contributed by atoms with van der Waals surface area (Å²) in [5, 5.41) is 0. The number of hydrogen-bond acceptors (Lipinski definition) is 1. The van der Waals surface area contributed by atoms with E-state index in [0.717, 1.165) is 19.3 Å². The zero-order chi connectivity index (χ0) is 8.55. The van der Waals surface area contributed by atoms with Crippen molar-refractivity contribution >= 4 is 22.0 Å². The van der Waals surface area contributed by atoms with Gasteiger partial charge in [-0.05, 0) is 0 Å².